The van der Waals surface area contributed by atoms with Gasteiger partial charge < -0.3 is 9.47 Å². The predicted octanol–water partition coefficient (Wildman–Crippen LogP) is 4.62. The lowest BCUT2D eigenvalue weighted by Gasteiger charge is -2.11. The van der Waals surface area contributed by atoms with Crippen molar-refractivity contribution < 1.29 is 27.4 Å². The summed E-state index contributed by atoms with van der Waals surface area (Å²) in [6.07, 6.45) is -4.70. The van der Waals surface area contributed by atoms with E-state index in [9.17, 15) is 18.0 Å². The summed E-state index contributed by atoms with van der Waals surface area (Å²) in [5.74, 6) is -1.76. The van der Waals surface area contributed by atoms with Gasteiger partial charge in [0.1, 0.15) is 5.75 Å². The zero-order valence-electron chi connectivity index (χ0n) is 13.6. The van der Waals surface area contributed by atoms with Gasteiger partial charge in [-0.05, 0) is 43.3 Å². The summed E-state index contributed by atoms with van der Waals surface area (Å²) in [6.45, 7) is 1.93. The molecule has 0 unspecified atom stereocenters. The molecular weight excluding hydrogens is 349 g/mol. The van der Waals surface area contributed by atoms with Crippen molar-refractivity contribution in [3.63, 3.8) is 0 Å². The topological polar surface area (TPSA) is 61.3 Å². The lowest BCUT2D eigenvalue weighted by molar-refractivity contribution is -0.144. The molecule has 2 aromatic carbocycles. The minimum atomic E-state index is -4.70. The summed E-state index contributed by atoms with van der Waals surface area (Å²) >= 11 is 0. The Bertz CT molecular complexity index is 941. The second kappa shape index (κ2) is 6.99. The van der Waals surface area contributed by atoms with Crippen LogP contribution in [-0.4, -0.2) is 22.5 Å². The van der Waals surface area contributed by atoms with Crippen molar-refractivity contribution in [2.24, 2.45) is 0 Å². The fourth-order valence-corrected chi connectivity index (χ4v) is 2.24. The zero-order valence-corrected chi connectivity index (χ0v) is 13.6. The van der Waals surface area contributed by atoms with Gasteiger partial charge in [0.25, 0.3) is 0 Å². The standard InChI is InChI=1S/C18H13F3N2O3/c1-2-25-16(24)11-7-9-12(10-8-11)26-15-13-5-3-4-6-14(13)22-17(23-15)18(19,20)21/h3-10H,2H2,1H3. The SMILES string of the molecule is CCOC(=O)c1ccc(Oc2nc(C(F)(F)F)nc3ccccc23)cc1. The maximum Gasteiger partial charge on any atom is 0.451 e. The number of benzene rings is 2. The van der Waals surface area contributed by atoms with Gasteiger partial charge in [0.15, 0.2) is 0 Å². The lowest BCUT2D eigenvalue weighted by Crippen LogP contribution is -2.11. The van der Waals surface area contributed by atoms with Crippen LogP contribution in [0.2, 0.25) is 0 Å². The van der Waals surface area contributed by atoms with Crippen LogP contribution >= 0.6 is 0 Å². The number of hydrogen-bond acceptors (Lipinski definition) is 5. The van der Waals surface area contributed by atoms with Crippen LogP contribution in [0.15, 0.2) is 48.5 Å². The molecule has 0 N–H and O–H groups in total. The van der Waals surface area contributed by atoms with Gasteiger partial charge in [0.2, 0.25) is 11.7 Å². The highest BCUT2D eigenvalue weighted by Crippen LogP contribution is 2.33. The van der Waals surface area contributed by atoms with Gasteiger partial charge in [0.05, 0.1) is 23.1 Å². The van der Waals surface area contributed by atoms with Crippen LogP contribution in [0.5, 0.6) is 11.6 Å². The molecule has 134 valence electrons. The number of halogens is 3. The smallest absolute Gasteiger partial charge is 0.451 e. The molecule has 0 saturated carbocycles. The van der Waals surface area contributed by atoms with E-state index in [0.717, 1.165) is 0 Å². The first-order valence-electron chi connectivity index (χ1n) is 7.67. The van der Waals surface area contributed by atoms with Crippen molar-refractivity contribution in [1.82, 2.24) is 9.97 Å². The van der Waals surface area contributed by atoms with E-state index >= 15 is 0 Å². The van der Waals surface area contributed by atoms with Crippen molar-refractivity contribution in [3.05, 3.63) is 59.9 Å². The van der Waals surface area contributed by atoms with Gasteiger partial charge in [-0.15, -0.1) is 0 Å². The number of rotatable bonds is 4. The largest absolute Gasteiger partial charge is 0.462 e. The Morgan fingerprint density at radius 1 is 1.04 bits per heavy atom. The van der Waals surface area contributed by atoms with E-state index in [1.54, 1.807) is 25.1 Å². The van der Waals surface area contributed by atoms with Crippen molar-refractivity contribution in [2.45, 2.75) is 13.1 Å². The van der Waals surface area contributed by atoms with Gasteiger partial charge in [-0.2, -0.15) is 18.2 Å². The van der Waals surface area contributed by atoms with E-state index in [1.807, 2.05) is 0 Å². The molecule has 1 heterocycles. The zero-order chi connectivity index (χ0) is 18.7. The van der Waals surface area contributed by atoms with Crippen LogP contribution in [0.3, 0.4) is 0 Å². The molecule has 0 amide bonds. The van der Waals surface area contributed by atoms with E-state index in [-0.39, 0.29) is 23.8 Å². The molecule has 0 fully saturated rings. The molecule has 0 bridgehead atoms. The van der Waals surface area contributed by atoms with E-state index in [4.69, 9.17) is 9.47 Å². The van der Waals surface area contributed by atoms with Crippen LogP contribution in [0.25, 0.3) is 10.9 Å². The van der Waals surface area contributed by atoms with Gasteiger partial charge in [-0.3, -0.25) is 0 Å². The highest BCUT2D eigenvalue weighted by Gasteiger charge is 2.35. The Balaban J connectivity index is 1.96. The molecule has 0 radical (unpaired) electrons. The molecule has 0 spiro atoms. The molecule has 26 heavy (non-hydrogen) atoms. The first-order valence-corrected chi connectivity index (χ1v) is 7.67. The molecule has 0 saturated heterocycles. The number of nitrogens with zero attached hydrogens (tertiary/aromatic N) is 2. The number of ether oxygens (including phenoxy) is 2. The first kappa shape index (κ1) is 17.7. The number of aromatic nitrogens is 2. The highest BCUT2D eigenvalue weighted by atomic mass is 19.4. The van der Waals surface area contributed by atoms with Crippen LogP contribution in [0, 0.1) is 0 Å². The third-order valence-corrected chi connectivity index (χ3v) is 3.40. The quantitative estimate of drug-likeness (QED) is 0.634. The second-order valence-corrected chi connectivity index (χ2v) is 5.21. The summed E-state index contributed by atoms with van der Waals surface area (Å²) in [4.78, 5) is 18.7. The van der Waals surface area contributed by atoms with Gasteiger partial charge in [-0.25, -0.2) is 9.78 Å². The maximum absolute atomic E-state index is 13.0. The Morgan fingerprint density at radius 3 is 2.38 bits per heavy atom. The Hall–Kier alpha value is -3.16. The predicted molar refractivity (Wildman–Crippen MR) is 87.0 cm³/mol. The normalized spacial score (nSPS) is 11.4. The second-order valence-electron chi connectivity index (χ2n) is 5.21. The Labute approximate surface area is 146 Å². The Morgan fingerprint density at radius 2 is 1.73 bits per heavy atom. The molecule has 1 aromatic heterocycles. The third kappa shape index (κ3) is 3.74. The van der Waals surface area contributed by atoms with Gasteiger partial charge >= 0.3 is 12.1 Å². The van der Waals surface area contributed by atoms with Crippen molar-refractivity contribution in [3.8, 4) is 11.6 Å². The fourth-order valence-electron chi connectivity index (χ4n) is 2.24. The summed E-state index contributed by atoms with van der Waals surface area (Å²) in [5.41, 5.74) is 0.427. The summed E-state index contributed by atoms with van der Waals surface area (Å²) < 4.78 is 49.4. The fraction of sp³-hybridized carbons (Fsp3) is 0.167. The molecule has 0 aliphatic heterocycles. The molecule has 3 rings (SSSR count). The molecule has 0 aliphatic carbocycles. The number of para-hydroxylation sites is 1. The number of hydrogen-bond donors (Lipinski definition) is 0. The average Bonchev–Trinajstić information content (AvgIpc) is 2.61. The highest BCUT2D eigenvalue weighted by molar-refractivity contribution is 5.89. The van der Waals surface area contributed by atoms with Crippen LogP contribution in [0.4, 0.5) is 13.2 Å². The van der Waals surface area contributed by atoms with E-state index < -0.39 is 18.0 Å². The van der Waals surface area contributed by atoms with Crippen LogP contribution in [0.1, 0.15) is 23.1 Å². The number of carbonyl (C=O) groups excluding carboxylic acids is 1. The minimum Gasteiger partial charge on any atom is -0.462 e. The molecule has 8 heteroatoms. The number of carbonyl (C=O) groups is 1. The molecule has 0 atom stereocenters. The Kier molecular flexibility index (Phi) is 4.75. The van der Waals surface area contributed by atoms with Gasteiger partial charge in [0, 0.05) is 0 Å². The number of esters is 1. The average molecular weight is 362 g/mol. The van der Waals surface area contributed by atoms with Crippen LogP contribution < -0.4 is 4.74 Å². The summed E-state index contributed by atoms with van der Waals surface area (Å²) in [6, 6.07) is 12.1. The first-order chi connectivity index (χ1) is 12.4. The van der Waals surface area contributed by atoms with E-state index in [2.05, 4.69) is 9.97 Å². The van der Waals surface area contributed by atoms with Crippen molar-refractivity contribution >= 4 is 16.9 Å². The molecular formula is C18H13F3N2O3. The minimum absolute atomic E-state index is 0.118. The van der Waals surface area contributed by atoms with Crippen molar-refractivity contribution in [1.29, 1.82) is 0 Å². The van der Waals surface area contributed by atoms with E-state index in [1.165, 1.54) is 30.3 Å². The monoisotopic (exact) mass is 362 g/mol. The van der Waals surface area contributed by atoms with Gasteiger partial charge in [-0.1, -0.05) is 12.1 Å². The molecule has 3 aromatic rings. The van der Waals surface area contributed by atoms with Crippen LogP contribution in [-0.2, 0) is 10.9 Å². The summed E-state index contributed by atoms with van der Waals surface area (Å²) in [5, 5.41) is 0.343. The number of alkyl halides is 3. The maximum atomic E-state index is 13.0. The third-order valence-electron chi connectivity index (χ3n) is 3.40. The van der Waals surface area contributed by atoms with Crippen molar-refractivity contribution in [2.75, 3.05) is 6.61 Å². The van der Waals surface area contributed by atoms with E-state index in [0.29, 0.717) is 10.9 Å². The molecule has 0 aliphatic rings. The molecule has 5 nitrogen and oxygen atoms in total. The summed E-state index contributed by atoms with van der Waals surface area (Å²) in [7, 11) is 0. The lowest BCUT2D eigenvalue weighted by atomic mass is 10.2. The number of fused-ring (bicyclic) bond motifs is 1.